The topological polar surface area (TPSA) is 56.0 Å². The van der Waals surface area contributed by atoms with Crippen molar-refractivity contribution in [2.75, 3.05) is 0 Å². The third-order valence-corrected chi connectivity index (χ3v) is 6.98. The Hall–Kier alpha value is -2.75. The molecule has 0 saturated heterocycles. The van der Waals surface area contributed by atoms with Crippen molar-refractivity contribution in [3.05, 3.63) is 77.2 Å². The summed E-state index contributed by atoms with van der Waals surface area (Å²) in [5.41, 5.74) is 9.38. The molecule has 2 aliphatic carbocycles. The summed E-state index contributed by atoms with van der Waals surface area (Å²) in [5, 5.41) is 0.942. The molecule has 4 heteroatoms. The highest BCUT2D eigenvalue weighted by atomic mass is 19.1. The zero-order valence-electron chi connectivity index (χ0n) is 15.8. The van der Waals surface area contributed by atoms with Crippen LogP contribution >= 0.6 is 0 Å². The molecule has 0 aliphatic heterocycles. The van der Waals surface area contributed by atoms with Crippen LogP contribution in [0.5, 0.6) is 0 Å². The van der Waals surface area contributed by atoms with Gasteiger partial charge in [-0.3, -0.25) is 9.78 Å². The van der Waals surface area contributed by atoms with E-state index in [9.17, 15) is 9.18 Å². The largest absolute Gasteiger partial charge is 0.366 e. The molecule has 142 valence electrons. The van der Waals surface area contributed by atoms with Gasteiger partial charge in [-0.25, -0.2) is 4.39 Å². The summed E-state index contributed by atoms with van der Waals surface area (Å²) in [4.78, 5) is 16.2. The van der Waals surface area contributed by atoms with Crippen LogP contribution in [0.25, 0.3) is 10.9 Å². The number of primary amides is 1. The number of benzene rings is 2. The molecule has 0 unspecified atom stereocenters. The van der Waals surface area contributed by atoms with E-state index < -0.39 is 0 Å². The van der Waals surface area contributed by atoms with Gasteiger partial charge in [0, 0.05) is 17.1 Å². The number of carbonyl (C=O) groups excluding carboxylic acids is 1. The van der Waals surface area contributed by atoms with Gasteiger partial charge in [0.1, 0.15) is 5.82 Å². The second kappa shape index (κ2) is 6.40. The number of fused-ring (bicyclic) bond motifs is 2. The fourth-order valence-electron chi connectivity index (χ4n) is 5.71. The first-order valence-corrected chi connectivity index (χ1v) is 9.97. The van der Waals surface area contributed by atoms with Gasteiger partial charge in [0.15, 0.2) is 0 Å². The van der Waals surface area contributed by atoms with E-state index >= 15 is 0 Å². The first-order valence-electron chi connectivity index (χ1n) is 9.97. The van der Waals surface area contributed by atoms with Gasteiger partial charge in [0.05, 0.1) is 5.52 Å². The highest BCUT2D eigenvalue weighted by Gasteiger charge is 2.58. The number of nitrogens with zero attached hydrogens (tertiary/aromatic N) is 1. The van der Waals surface area contributed by atoms with Crippen molar-refractivity contribution in [3.8, 4) is 0 Å². The van der Waals surface area contributed by atoms with Gasteiger partial charge >= 0.3 is 0 Å². The lowest BCUT2D eigenvalue weighted by atomic mass is 9.84. The lowest BCUT2D eigenvalue weighted by molar-refractivity contribution is 0.0998. The minimum absolute atomic E-state index is 0.209. The highest BCUT2D eigenvalue weighted by Crippen LogP contribution is 2.66. The molecule has 0 radical (unpaired) electrons. The monoisotopic (exact) mass is 374 g/mol. The smallest absolute Gasteiger partial charge is 0.248 e. The van der Waals surface area contributed by atoms with Crippen molar-refractivity contribution in [2.24, 2.45) is 23.5 Å². The number of rotatable bonds is 4. The van der Waals surface area contributed by atoms with Crippen LogP contribution < -0.4 is 5.73 Å². The van der Waals surface area contributed by atoms with Crippen molar-refractivity contribution >= 4 is 16.8 Å². The van der Waals surface area contributed by atoms with Gasteiger partial charge in [-0.05, 0) is 83.9 Å². The molecule has 3 aromatic rings. The SMILES string of the molecule is C[C@@H](c1ccccc1C(N)=O)C1[C@@H]2CC(c3ccnc4ccc(F)cc34)C[C@@H]12. The highest BCUT2D eigenvalue weighted by molar-refractivity contribution is 5.94. The lowest BCUT2D eigenvalue weighted by Crippen LogP contribution is -2.16. The van der Waals surface area contributed by atoms with Gasteiger partial charge in [0.2, 0.25) is 5.91 Å². The van der Waals surface area contributed by atoms with Crippen LogP contribution in [-0.4, -0.2) is 10.9 Å². The Balaban J connectivity index is 1.37. The predicted octanol–water partition coefficient (Wildman–Crippen LogP) is 5.02. The number of pyridine rings is 1. The van der Waals surface area contributed by atoms with E-state index in [4.69, 9.17) is 5.73 Å². The van der Waals surface area contributed by atoms with Crippen molar-refractivity contribution in [2.45, 2.75) is 31.6 Å². The number of hydrogen-bond donors (Lipinski definition) is 1. The normalized spacial score (nSPS) is 24.9. The molecule has 5 rings (SSSR count). The molecule has 3 nitrogen and oxygen atoms in total. The number of aromatic nitrogens is 1. The van der Waals surface area contributed by atoms with Gasteiger partial charge in [-0.2, -0.15) is 0 Å². The van der Waals surface area contributed by atoms with Gasteiger partial charge in [-0.1, -0.05) is 25.1 Å². The summed E-state index contributed by atoms with van der Waals surface area (Å²) in [6, 6.07) is 14.6. The fraction of sp³-hybridized carbons (Fsp3) is 0.333. The molecule has 0 spiro atoms. The molecule has 2 N–H and O–H groups in total. The molecule has 2 saturated carbocycles. The quantitative estimate of drug-likeness (QED) is 0.697. The summed E-state index contributed by atoms with van der Waals surface area (Å²) in [6.45, 7) is 2.22. The average molecular weight is 374 g/mol. The molecule has 0 bridgehead atoms. The van der Waals surface area contributed by atoms with Gasteiger partial charge in [-0.15, -0.1) is 0 Å². The van der Waals surface area contributed by atoms with Crippen LogP contribution in [0.4, 0.5) is 4.39 Å². The number of amides is 1. The van der Waals surface area contributed by atoms with Crippen LogP contribution in [-0.2, 0) is 0 Å². The minimum Gasteiger partial charge on any atom is -0.366 e. The molecular weight excluding hydrogens is 351 g/mol. The van der Waals surface area contributed by atoms with Crippen LogP contribution in [0.1, 0.15) is 53.1 Å². The molecular formula is C24H23FN2O. The van der Waals surface area contributed by atoms with Gasteiger partial charge < -0.3 is 5.73 Å². The van der Waals surface area contributed by atoms with Crippen molar-refractivity contribution in [1.82, 2.24) is 4.98 Å². The van der Waals surface area contributed by atoms with Crippen molar-refractivity contribution < 1.29 is 9.18 Å². The van der Waals surface area contributed by atoms with E-state index in [2.05, 4.69) is 18.0 Å². The number of nitrogens with two attached hydrogens (primary N) is 1. The van der Waals surface area contributed by atoms with E-state index in [0.717, 1.165) is 29.3 Å². The Kier molecular flexibility index (Phi) is 3.97. The number of hydrogen-bond acceptors (Lipinski definition) is 2. The van der Waals surface area contributed by atoms with E-state index in [1.807, 2.05) is 30.5 Å². The average Bonchev–Trinajstić information content (AvgIpc) is 3.20. The van der Waals surface area contributed by atoms with E-state index in [1.54, 1.807) is 12.1 Å². The first kappa shape index (κ1) is 17.4. The zero-order chi connectivity index (χ0) is 19.4. The molecule has 28 heavy (non-hydrogen) atoms. The van der Waals surface area contributed by atoms with Crippen molar-refractivity contribution in [3.63, 3.8) is 0 Å². The Bertz CT molecular complexity index is 1070. The predicted molar refractivity (Wildman–Crippen MR) is 108 cm³/mol. The Morgan fingerprint density at radius 2 is 1.89 bits per heavy atom. The van der Waals surface area contributed by atoms with E-state index in [-0.39, 0.29) is 11.7 Å². The van der Waals surface area contributed by atoms with Crippen LogP contribution in [0.15, 0.2) is 54.7 Å². The maximum Gasteiger partial charge on any atom is 0.248 e. The molecule has 2 aliphatic rings. The number of halogens is 1. The summed E-state index contributed by atoms with van der Waals surface area (Å²) >= 11 is 0. The third-order valence-electron chi connectivity index (χ3n) is 6.98. The second-order valence-corrected chi connectivity index (χ2v) is 8.38. The summed E-state index contributed by atoms with van der Waals surface area (Å²) < 4.78 is 13.8. The maximum absolute atomic E-state index is 13.8. The van der Waals surface area contributed by atoms with Crippen molar-refractivity contribution in [1.29, 1.82) is 0 Å². The molecule has 2 fully saturated rings. The Morgan fingerprint density at radius 3 is 2.64 bits per heavy atom. The van der Waals surface area contributed by atoms with Crippen LogP contribution in [0, 0.1) is 23.6 Å². The summed E-state index contributed by atoms with van der Waals surface area (Å²) in [5.74, 6) is 2.15. The summed E-state index contributed by atoms with van der Waals surface area (Å²) in [7, 11) is 0. The summed E-state index contributed by atoms with van der Waals surface area (Å²) in [6.07, 6.45) is 4.07. The molecule has 1 aromatic heterocycles. The third kappa shape index (κ3) is 2.70. The number of carbonyl (C=O) groups is 1. The van der Waals surface area contributed by atoms with Gasteiger partial charge in [0.25, 0.3) is 0 Å². The second-order valence-electron chi connectivity index (χ2n) is 8.38. The van der Waals surface area contributed by atoms with E-state index in [0.29, 0.717) is 35.2 Å². The van der Waals surface area contributed by atoms with Crippen LogP contribution in [0.2, 0.25) is 0 Å². The first-order chi connectivity index (χ1) is 13.5. The Morgan fingerprint density at radius 1 is 1.14 bits per heavy atom. The zero-order valence-corrected chi connectivity index (χ0v) is 15.8. The molecule has 3 atom stereocenters. The van der Waals surface area contributed by atoms with E-state index in [1.165, 1.54) is 11.6 Å². The molecule has 2 aromatic carbocycles. The lowest BCUT2D eigenvalue weighted by Gasteiger charge is -2.21. The maximum atomic E-state index is 13.8. The molecule has 1 heterocycles. The molecule has 1 amide bonds. The van der Waals surface area contributed by atoms with Crippen LogP contribution in [0.3, 0.4) is 0 Å². The standard InChI is InChI=1S/C24H23FN2O/c1-13(16-4-2-3-5-18(16)24(26)28)23-20-10-14(11-21(20)23)17-8-9-27-22-7-6-15(25)12-19(17)22/h2-9,12-14,20-21,23H,10-11H2,1H3,(H2,26,28)/t13-,14?,20+,21+,23?/m0/s1. The Labute approximate surface area is 163 Å². The fourth-order valence-corrected chi connectivity index (χ4v) is 5.71. The minimum atomic E-state index is -0.351.